The number of hydrogen-bond acceptors (Lipinski definition) is 3. The fraction of sp³-hybridized carbons (Fsp3) is 0.643. The van der Waals surface area contributed by atoms with Crippen LogP contribution in [0.2, 0.25) is 0 Å². The Balaban J connectivity index is 2.07. The molecule has 0 spiro atoms. The number of alkyl halides is 3. The molecule has 112 valence electrons. The van der Waals surface area contributed by atoms with Crippen LogP contribution in [0.15, 0.2) is 18.3 Å². The van der Waals surface area contributed by atoms with Crippen LogP contribution in [0.4, 0.5) is 19.0 Å². The number of nitrogens with zero attached hydrogens (tertiary/aromatic N) is 2. The Morgan fingerprint density at radius 3 is 2.95 bits per heavy atom. The van der Waals surface area contributed by atoms with Gasteiger partial charge in [-0.2, -0.15) is 13.2 Å². The number of aromatic nitrogens is 1. The molecule has 2 rings (SSSR count). The summed E-state index contributed by atoms with van der Waals surface area (Å²) in [6.45, 7) is 4.24. The van der Waals surface area contributed by atoms with Gasteiger partial charge in [0.15, 0.2) is 0 Å². The van der Waals surface area contributed by atoms with Gasteiger partial charge in [-0.3, -0.25) is 0 Å². The van der Waals surface area contributed by atoms with Crippen LogP contribution in [-0.4, -0.2) is 30.8 Å². The summed E-state index contributed by atoms with van der Waals surface area (Å²) in [6.07, 6.45) is -1.67. The van der Waals surface area contributed by atoms with Gasteiger partial charge in [0.1, 0.15) is 5.82 Å². The second-order valence-electron chi connectivity index (χ2n) is 5.13. The molecule has 1 aliphatic rings. The van der Waals surface area contributed by atoms with Gasteiger partial charge in [-0.25, -0.2) is 4.98 Å². The molecule has 3 nitrogen and oxygen atoms in total. The highest BCUT2D eigenvalue weighted by molar-refractivity contribution is 5.41. The van der Waals surface area contributed by atoms with E-state index < -0.39 is 12.1 Å². The highest BCUT2D eigenvalue weighted by atomic mass is 19.4. The van der Waals surface area contributed by atoms with Crippen LogP contribution in [-0.2, 0) is 6.54 Å². The molecular formula is C14H20F3N3. The first kappa shape index (κ1) is 15.1. The van der Waals surface area contributed by atoms with Gasteiger partial charge < -0.3 is 10.2 Å². The topological polar surface area (TPSA) is 28.2 Å². The number of anilines is 1. The molecule has 2 heterocycles. The Labute approximate surface area is 117 Å². The number of rotatable bonds is 4. The lowest BCUT2D eigenvalue weighted by Gasteiger charge is -2.34. The van der Waals surface area contributed by atoms with Crippen LogP contribution in [0.5, 0.6) is 0 Å². The van der Waals surface area contributed by atoms with Gasteiger partial charge in [-0.15, -0.1) is 0 Å². The standard InChI is InChI=1S/C14H20F3N3/c1-2-18-9-11-5-6-19-13(8-11)20-7-3-4-12(10-20)14(15,16)17/h5-6,8,12,18H,2-4,7,9-10H2,1H3. The van der Waals surface area contributed by atoms with Gasteiger partial charge in [-0.05, 0) is 37.1 Å². The van der Waals surface area contributed by atoms with Gasteiger partial charge >= 0.3 is 6.18 Å². The smallest absolute Gasteiger partial charge is 0.356 e. The second-order valence-corrected chi connectivity index (χ2v) is 5.13. The Morgan fingerprint density at radius 1 is 1.45 bits per heavy atom. The number of piperidine rings is 1. The minimum atomic E-state index is -4.11. The molecule has 1 unspecified atom stereocenters. The predicted molar refractivity (Wildman–Crippen MR) is 72.6 cm³/mol. The van der Waals surface area contributed by atoms with E-state index in [0.717, 1.165) is 12.1 Å². The van der Waals surface area contributed by atoms with Crippen LogP contribution >= 0.6 is 0 Å². The SMILES string of the molecule is CCNCc1ccnc(N2CCCC(C(F)(F)F)C2)c1. The third-order valence-electron chi connectivity index (χ3n) is 3.60. The van der Waals surface area contributed by atoms with E-state index >= 15 is 0 Å². The first-order valence-corrected chi connectivity index (χ1v) is 6.98. The zero-order valence-corrected chi connectivity index (χ0v) is 11.6. The minimum absolute atomic E-state index is 0.0150. The average molecular weight is 287 g/mol. The van der Waals surface area contributed by atoms with Crippen molar-refractivity contribution < 1.29 is 13.2 Å². The molecule has 0 radical (unpaired) electrons. The highest BCUT2D eigenvalue weighted by Crippen LogP contribution is 2.34. The first-order chi connectivity index (χ1) is 9.50. The third kappa shape index (κ3) is 3.85. The van der Waals surface area contributed by atoms with Crippen LogP contribution < -0.4 is 10.2 Å². The zero-order chi connectivity index (χ0) is 14.6. The molecule has 6 heteroatoms. The van der Waals surface area contributed by atoms with Crippen molar-refractivity contribution in [3.63, 3.8) is 0 Å². The lowest BCUT2D eigenvalue weighted by atomic mass is 9.97. The summed E-state index contributed by atoms with van der Waals surface area (Å²) in [5.41, 5.74) is 1.05. The fourth-order valence-electron chi connectivity index (χ4n) is 2.47. The van der Waals surface area contributed by atoms with Gasteiger partial charge in [0.2, 0.25) is 0 Å². The predicted octanol–water partition coefficient (Wildman–Crippen LogP) is 2.97. The van der Waals surface area contributed by atoms with E-state index in [-0.39, 0.29) is 13.0 Å². The molecule has 1 aromatic rings. The molecule has 0 aromatic carbocycles. The maximum absolute atomic E-state index is 12.8. The second kappa shape index (κ2) is 6.43. The van der Waals surface area contributed by atoms with E-state index in [1.54, 1.807) is 11.1 Å². The molecular weight excluding hydrogens is 267 g/mol. The van der Waals surface area contributed by atoms with Crippen molar-refractivity contribution >= 4 is 5.82 Å². The summed E-state index contributed by atoms with van der Waals surface area (Å²) >= 11 is 0. The monoisotopic (exact) mass is 287 g/mol. The lowest BCUT2D eigenvalue weighted by molar-refractivity contribution is -0.176. The molecule has 20 heavy (non-hydrogen) atoms. The Morgan fingerprint density at radius 2 is 2.25 bits per heavy atom. The summed E-state index contributed by atoms with van der Waals surface area (Å²) in [6, 6.07) is 3.76. The Kier molecular flexibility index (Phi) is 4.86. The molecule has 1 N–H and O–H groups in total. The molecule has 1 saturated heterocycles. The highest BCUT2D eigenvalue weighted by Gasteiger charge is 2.42. The van der Waals surface area contributed by atoms with Crippen molar-refractivity contribution in [3.8, 4) is 0 Å². The quantitative estimate of drug-likeness (QED) is 0.923. The van der Waals surface area contributed by atoms with E-state index in [2.05, 4.69) is 10.3 Å². The van der Waals surface area contributed by atoms with Crippen LogP contribution in [0.3, 0.4) is 0 Å². The molecule has 0 bridgehead atoms. The third-order valence-corrected chi connectivity index (χ3v) is 3.60. The summed E-state index contributed by atoms with van der Waals surface area (Å²) in [5.74, 6) is -0.593. The molecule has 1 fully saturated rings. The average Bonchev–Trinajstić information content (AvgIpc) is 2.45. The number of hydrogen-bond donors (Lipinski definition) is 1. The maximum atomic E-state index is 12.8. The van der Waals surface area contributed by atoms with E-state index in [1.807, 2.05) is 19.1 Å². The summed E-state index contributed by atoms with van der Waals surface area (Å²) in [4.78, 5) is 5.97. The van der Waals surface area contributed by atoms with Crippen molar-refractivity contribution in [2.75, 3.05) is 24.5 Å². The summed E-state index contributed by atoms with van der Waals surface area (Å²) < 4.78 is 38.5. The number of nitrogens with one attached hydrogen (secondary N) is 1. The molecule has 1 aliphatic heterocycles. The van der Waals surface area contributed by atoms with Crippen LogP contribution in [0.1, 0.15) is 25.3 Å². The van der Waals surface area contributed by atoms with Gasteiger partial charge in [0.05, 0.1) is 5.92 Å². The Hall–Kier alpha value is -1.30. The number of pyridine rings is 1. The fourth-order valence-corrected chi connectivity index (χ4v) is 2.47. The van der Waals surface area contributed by atoms with Crippen molar-refractivity contribution in [1.82, 2.24) is 10.3 Å². The molecule has 1 aromatic heterocycles. The van der Waals surface area contributed by atoms with Crippen molar-refractivity contribution in [2.45, 2.75) is 32.5 Å². The molecule has 0 aliphatic carbocycles. The van der Waals surface area contributed by atoms with E-state index in [9.17, 15) is 13.2 Å². The largest absolute Gasteiger partial charge is 0.393 e. The summed E-state index contributed by atoms with van der Waals surface area (Å²) in [7, 11) is 0. The van der Waals surface area contributed by atoms with E-state index in [0.29, 0.717) is 25.3 Å². The van der Waals surface area contributed by atoms with Gasteiger partial charge in [-0.1, -0.05) is 6.92 Å². The normalized spacial score (nSPS) is 20.2. The summed E-state index contributed by atoms with van der Waals surface area (Å²) in [5, 5.41) is 3.20. The number of halogens is 3. The maximum Gasteiger partial charge on any atom is 0.393 e. The first-order valence-electron chi connectivity index (χ1n) is 6.98. The molecule has 0 amide bonds. The van der Waals surface area contributed by atoms with E-state index in [1.165, 1.54) is 0 Å². The minimum Gasteiger partial charge on any atom is -0.356 e. The van der Waals surface area contributed by atoms with Crippen molar-refractivity contribution in [3.05, 3.63) is 23.9 Å². The van der Waals surface area contributed by atoms with Crippen molar-refractivity contribution in [1.29, 1.82) is 0 Å². The van der Waals surface area contributed by atoms with Crippen LogP contribution in [0, 0.1) is 5.92 Å². The zero-order valence-electron chi connectivity index (χ0n) is 11.6. The van der Waals surface area contributed by atoms with Gasteiger partial charge in [0, 0.05) is 25.8 Å². The van der Waals surface area contributed by atoms with Crippen LogP contribution in [0.25, 0.3) is 0 Å². The van der Waals surface area contributed by atoms with Gasteiger partial charge in [0.25, 0.3) is 0 Å². The van der Waals surface area contributed by atoms with Crippen molar-refractivity contribution in [2.24, 2.45) is 5.92 Å². The molecule has 0 saturated carbocycles. The Bertz CT molecular complexity index is 434. The molecule has 1 atom stereocenters. The lowest BCUT2D eigenvalue weighted by Crippen LogP contribution is -2.42. The van der Waals surface area contributed by atoms with E-state index in [4.69, 9.17) is 0 Å².